The molecule has 13 heavy (non-hydrogen) atoms. The molecule has 0 radical (unpaired) electrons. The van der Waals surface area contributed by atoms with Crippen molar-refractivity contribution in [2.45, 2.75) is 6.42 Å². The molecular formula is C8H18N2O2S. The summed E-state index contributed by atoms with van der Waals surface area (Å²) in [6.07, 6.45) is 2.23. The van der Waals surface area contributed by atoms with Gasteiger partial charge in [-0.1, -0.05) is 6.08 Å². The topological polar surface area (TPSA) is 49.4 Å². The second kappa shape index (κ2) is 6.12. The molecule has 0 saturated carbocycles. The van der Waals surface area contributed by atoms with Crippen LogP contribution in [-0.2, 0) is 10.0 Å². The standard InChI is InChI=1S/C8H18N2O2S/c1-4-8-13(11,12)10(3)7-5-6-9-2/h4,9H,1,5-8H2,2-3H3. The number of nitrogens with one attached hydrogen (secondary N) is 1. The van der Waals surface area contributed by atoms with Crippen molar-refractivity contribution >= 4 is 10.0 Å². The Kier molecular flexibility index (Phi) is 5.94. The fourth-order valence-corrected chi connectivity index (χ4v) is 1.85. The van der Waals surface area contributed by atoms with Crippen LogP contribution in [0, 0.1) is 0 Å². The lowest BCUT2D eigenvalue weighted by molar-refractivity contribution is 0.460. The van der Waals surface area contributed by atoms with Gasteiger partial charge in [0.05, 0.1) is 5.75 Å². The van der Waals surface area contributed by atoms with Gasteiger partial charge >= 0.3 is 0 Å². The highest BCUT2D eigenvalue weighted by Gasteiger charge is 2.14. The van der Waals surface area contributed by atoms with Crippen molar-refractivity contribution in [2.75, 3.05) is 32.9 Å². The minimum atomic E-state index is -3.10. The van der Waals surface area contributed by atoms with Crippen LogP contribution < -0.4 is 5.32 Å². The molecule has 0 atom stereocenters. The Morgan fingerprint density at radius 2 is 2.15 bits per heavy atom. The van der Waals surface area contributed by atoms with E-state index in [1.54, 1.807) is 7.05 Å². The zero-order valence-electron chi connectivity index (χ0n) is 8.28. The Morgan fingerprint density at radius 1 is 1.54 bits per heavy atom. The maximum absolute atomic E-state index is 11.4. The molecule has 0 aromatic heterocycles. The molecule has 0 fully saturated rings. The van der Waals surface area contributed by atoms with Crippen molar-refractivity contribution in [3.8, 4) is 0 Å². The predicted molar refractivity (Wildman–Crippen MR) is 55.2 cm³/mol. The van der Waals surface area contributed by atoms with Crippen molar-refractivity contribution in [2.24, 2.45) is 0 Å². The molecule has 0 spiro atoms. The van der Waals surface area contributed by atoms with Crippen LogP contribution in [0.4, 0.5) is 0 Å². The summed E-state index contributed by atoms with van der Waals surface area (Å²) in [7, 11) is 0.334. The molecule has 0 heterocycles. The molecule has 0 aliphatic carbocycles. The molecule has 0 aliphatic heterocycles. The van der Waals surface area contributed by atoms with E-state index >= 15 is 0 Å². The molecule has 0 rings (SSSR count). The number of hydrogen-bond donors (Lipinski definition) is 1. The van der Waals surface area contributed by atoms with E-state index in [1.165, 1.54) is 10.4 Å². The van der Waals surface area contributed by atoms with Crippen molar-refractivity contribution in [3.05, 3.63) is 12.7 Å². The van der Waals surface area contributed by atoms with E-state index in [4.69, 9.17) is 0 Å². The number of rotatable bonds is 7. The monoisotopic (exact) mass is 206 g/mol. The van der Waals surface area contributed by atoms with Crippen molar-refractivity contribution < 1.29 is 8.42 Å². The van der Waals surface area contributed by atoms with Crippen LogP contribution in [0.15, 0.2) is 12.7 Å². The van der Waals surface area contributed by atoms with Crippen LogP contribution >= 0.6 is 0 Å². The van der Waals surface area contributed by atoms with Gasteiger partial charge < -0.3 is 5.32 Å². The summed E-state index contributed by atoms with van der Waals surface area (Å²) < 4.78 is 24.1. The van der Waals surface area contributed by atoms with Crippen LogP contribution in [0.3, 0.4) is 0 Å². The van der Waals surface area contributed by atoms with Gasteiger partial charge in [-0.05, 0) is 20.0 Å². The third-order valence-electron chi connectivity index (χ3n) is 1.70. The summed E-state index contributed by atoms with van der Waals surface area (Å²) >= 11 is 0. The van der Waals surface area contributed by atoms with Gasteiger partial charge in [0.1, 0.15) is 0 Å². The van der Waals surface area contributed by atoms with Crippen LogP contribution in [-0.4, -0.2) is 45.7 Å². The molecule has 4 nitrogen and oxygen atoms in total. The van der Waals surface area contributed by atoms with Gasteiger partial charge in [-0.2, -0.15) is 0 Å². The van der Waals surface area contributed by atoms with Gasteiger partial charge in [0, 0.05) is 13.6 Å². The van der Waals surface area contributed by atoms with E-state index in [0.29, 0.717) is 6.54 Å². The minimum Gasteiger partial charge on any atom is -0.320 e. The summed E-state index contributed by atoms with van der Waals surface area (Å²) in [4.78, 5) is 0. The summed E-state index contributed by atoms with van der Waals surface area (Å²) in [6.45, 7) is 4.79. The predicted octanol–water partition coefficient (Wildman–Crippen LogP) is 0.0435. The maximum atomic E-state index is 11.4. The molecule has 0 aliphatic rings. The van der Waals surface area contributed by atoms with E-state index in [-0.39, 0.29) is 5.75 Å². The van der Waals surface area contributed by atoms with Gasteiger partial charge in [-0.25, -0.2) is 12.7 Å². The van der Waals surface area contributed by atoms with E-state index in [9.17, 15) is 8.42 Å². The fraction of sp³-hybridized carbons (Fsp3) is 0.750. The first-order valence-corrected chi connectivity index (χ1v) is 5.85. The van der Waals surface area contributed by atoms with Gasteiger partial charge in [0.2, 0.25) is 10.0 Å². The van der Waals surface area contributed by atoms with E-state index in [2.05, 4.69) is 11.9 Å². The summed E-state index contributed by atoms with van der Waals surface area (Å²) in [6, 6.07) is 0. The van der Waals surface area contributed by atoms with Crippen molar-refractivity contribution in [3.63, 3.8) is 0 Å². The van der Waals surface area contributed by atoms with Gasteiger partial charge in [-0.15, -0.1) is 6.58 Å². The third-order valence-corrected chi connectivity index (χ3v) is 3.49. The normalized spacial score (nSPS) is 11.9. The number of sulfonamides is 1. The van der Waals surface area contributed by atoms with Crippen LogP contribution in [0.2, 0.25) is 0 Å². The van der Waals surface area contributed by atoms with Crippen LogP contribution in [0.25, 0.3) is 0 Å². The highest BCUT2D eigenvalue weighted by Crippen LogP contribution is 1.98. The smallest absolute Gasteiger partial charge is 0.217 e. The van der Waals surface area contributed by atoms with Crippen LogP contribution in [0.5, 0.6) is 0 Å². The lowest BCUT2D eigenvalue weighted by atomic mass is 10.4. The molecule has 0 aromatic carbocycles. The van der Waals surface area contributed by atoms with E-state index in [0.717, 1.165) is 13.0 Å². The molecule has 0 aromatic rings. The molecule has 5 heteroatoms. The third kappa shape index (κ3) is 5.02. The lowest BCUT2D eigenvalue weighted by Gasteiger charge is -2.15. The number of hydrogen-bond acceptors (Lipinski definition) is 3. The highest BCUT2D eigenvalue weighted by molar-refractivity contribution is 7.89. The molecule has 0 unspecified atom stereocenters. The van der Waals surface area contributed by atoms with E-state index in [1.807, 2.05) is 7.05 Å². The zero-order chi connectivity index (χ0) is 10.3. The first-order valence-electron chi connectivity index (χ1n) is 4.24. The molecule has 0 amide bonds. The van der Waals surface area contributed by atoms with Gasteiger partial charge in [-0.3, -0.25) is 0 Å². The van der Waals surface area contributed by atoms with Crippen molar-refractivity contribution in [1.82, 2.24) is 9.62 Å². The zero-order valence-corrected chi connectivity index (χ0v) is 9.10. The number of nitrogens with zero attached hydrogens (tertiary/aromatic N) is 1. The summed E-state index contributed by atoms with van der Waals surface area (Å²) in [5, 5.41) is 2.96. The molecule has 78 valence electrons. The Hall–Kier alpha value is -0.390. The second-order valence-corrected chi connectivity index (χ2v) is 4.97. The minimum absolute atomic E-state index is 0.0169. The SMILES string of the molecule is C=CCS(=O)(=O)N(C)CCCNC. The van der Waals surface area contributed by atoms with Gasteiger partial charge in [0.15, 0.2) is 0 Å². The molecular weight excluding hydrogens is 188 g/mol. The summed E-state index contributed by atoms with van der Waals surface area (Å²) in [5.41, 5.74) is 0. The Bertz CT molecular complexity index is 237. The molecule has 0 bridgehead atoms. The first-order chi connectivity index (χ1) is 6.04. The average Bonchev–Trinajstić information content (AvgIpc) is 2.04. The maximum Gasteiger partial charge on any atom is 0.217 e. The Labute approximate surface area is 80.7 Å². The first kappa shape index (κ1) is 12.6. The quantitative estimate of drug-likeness (QED) is 0.473. The van der Waals surface area contributed by atoms with Crippen LogP contribution in [0.1, 0.15) is 6.42 Å². The lowest BCUT2D eigenvalue weighted by Crippen LogP contribution is -2.30. The highest BCUT2D eigenvalue weighted by atomic mass is 32.2. The summed E-state index contributed by atoms with van der Waals surface area (Å²) in [5.74, 6) is 0.0169. The second-order valence-electron chi connectivity index (χ2n) is 2.85. The Morgan fingerprint density at radius 3 is 2.62 bits per heavy atom. The molecule has 0 saturated heterocycles. The molecule has 1 N–H and O–H groups in total. The largest absolute Gasteiger partial charge is 0.320 e. The Balaban J connectivity index is 3.94. The average molecular weight is 206 g/mol. The van der Waals surface area contributed by atoms with Crippen molar-refractivity contribution in [1.29, 1.82) is 0 Å². The van der Waals surface area contributed by atoms with Gasteiger partial charge in [0.25, 0.3) is 0 Å². The fourth-order valence-electron chi connectivity index (χ4n) is 0.894. The van der Waals surface area contributed by atoms with E-state index < -0.39 is 10.0 Å².